The molecule has 2 N–H and O–H groups in total. The van der Waals surface area contributed by atoms with E-state index in [1.54, 1.807) is 4.90 Å². The molecule has 1 heterocycles. The summed E-state index contributed by atoms with van der Waals surface area (Å²) in [6, 6.07) is 9.12. The average molecular weight is 364 g/mol. The van der Waals surface area contributed by atoms with E-state index < -0.39 is 12.2 Å². The van der Waals surface area contributed by atoms with Gasteiger partial charge in [0.15, 0.2) is 0 Å². The Bertz CT molecular complexity index is 593. The summed E-state index contributed by atoms with van der Waals surface area (Å²) in [5.74, 6) is 0.0356. The molecule has 0 aromatic heterocycles. The van der Waals surface area contributed by atoms with Crippen molar-refractivity contribution in [1.29, 1.82) is 0 Å². The van der Waals surface area contributed by atoms with E-state index >= 15 is 0 Å². The van der Waals surface area contributed by atoms with E-state index in [1.807, 2.05) is 44.2 Å². The fourth-order valence-electron chi connectivity index (χ4n) is 3.26. The van der Waals surface area contributed by atoms with Gasteiger partial charge < -0.3 is 24.7 Å². The Kier molecular flexibility index (Phi) is 7.26. The number of hydrogen-bond acceptors (Lipinski definition) is 4. The van der Waals surface area contributed by atoms with Crippen LogP contribution in [0, 0.1) is 11.8 Å². The summed E-state index contributed by atoms with van der Waals surface area (Å²) in [4.78, 5) is 27.0. The maximum Gasteiger partial charge on any atom is 0.410 e. The number of carbonyl (C=O) groups excluding carboxylic acids is 1. The summed E-state index contributed by atoms with van der Waals surface area (Å²) in [6.45, 7) is 5.07. The van der Waals surface area contributed by atoms with E-state index in [2.05, 4.69) is 0 Å². The lowest BCUT2D eigenvalue weighted by molar-refractivity contribution is 0.0275. The number of hydrogen-bond donors (Lipinski definition) is 2. The van der Waals surface area contributed by atoms with E-state index in [1.165, 1.54) is 4.90 Å². The van der Waals surface area contributed by atoms with Crippen LogP contribution in [0.15, 0.2) is 30.3 Å². The first-order valence-corrected chi connectivity index (χ1v) is 8.96. The predicted molar refractivity (Wildman–Crippen MR) is 96.7 cm³/mol. The highest BCUT2D eigenvalue weighted by Crippen LogP contribution is 2.23. The molecule has 0 unspecified atom stereocenters. The summed E-state index contributed by atoms with van der Waals surface area (Å²) < 4.78 is 5.47. The van der Waals surface area contributed by atoms with Crippen LogP contribution < -0.4 is 0 Å². The standard InChI is InChI=1S/C19H28N2O5/c1-14(2)9-21(19(25)26-13-15-6-4-3-5-7-15)17-8-16(12-22)10-20(11-17)18(23)24/h3-7,14,16-17,22H,8-13H2,1-2H3,(H,23,24)/t16-,17+/m1/s1. The molecule has 0 radical (unpaired) electrons. The smallest absolute Gasteiger partial charge is 0.410 e. The molecular formula is C19H28N2O5. The van der Waals surface area contributed by atoms with E-state index in [-0.39, 0.29) is 44.2 Å². The Hall–Kier alpha value is -2.28. The quantitative estimate of drug-likeness (QED) is 0.810. The van der Waals surface area contributed by atoms with E-state index in [9.17, 15) is 19.8 Å². The Morgan fingerprint density at radius 1 is 1.27 bits per heavy atom. The maximum atomic E-state index is 12.7. The Morgan fingerprint density at radius 2 is 1.96 bits per heavy atom. The normalized spacial score (nSPS) is 20.1. The minimum absolute atomic E-state index is 0.102. The SMILES string of the molecule is CC(C)CN(C(=O)OCc1ccccc1)[C@H]1C[C@@H](CO)CN(C(=O)O)C1. The van der Waals surface area contributed by atoms with Gasteiger partial charge in [0.2, 0.25) is 0 Å². The molecule has 7 heteroatoms. The number of ether oxygens (including phenoxy) is 1. The van der Waals surface area contributed by atoms with Crippen molar-refractivity contribution in [3.8, 4) is 0 Å². The number of likely N-dealkylation sites (tertiary alicyclic amines) is 1. The summed E-state index contributed by atoms with van der Waals surface area (Å²) in [5.41, 5.74) is 0.898. The lowest BCUT2D eigenvalue weighted by atomic mass is 9.93. The van der Waals surface area contributed by atoms with Crippen LogP contribution in [0.25, 0.3) is 0 Å². The third-order valence-corrected chi connectivity index (χ3v) is 4.49. The van der Waals surface area contributed by atoms with E-state index in [0.717, 1.165) is 5.56 Å². The van der Waals surface area contributed by atoms with Crippen molar-refractivity contribution < 1.29 is 24.5 Å². The maximum absolute atomic E-state index is 12.7. The molecule has 1 aromatic rings. The molecule has 0 bridgehead atoms. The molecule has 0 saturated carbocycles. The Labute approximate surface area is 154 Å². The molecule has 1 saturated heterocycles. The summed E-state index contributed by atoms with van der Waals surface area (Å²) >= 11 is 0. The van der Waals surface area contributed by atoms with Crippen LogP contribution >= 0.6 is 0 Å². The predicted octanol–water partition coefficient (Wildman–Crippen LogP) is 2.64. The van der Waals surface area contributed by atoms with Crippen molar-refractivity contribution in [3.05, 3.63) is 35.9 Å². The molecule has 2 amide bonds. The second-order valence-corrected chi connectivity index (χ2v) is 7.21. The van der Waals surface area contributed by atoms with Gasteiger partial charge in [-0.1, -0.05) is 44.2 Å². The molecule has 2 rings (SSSR count). The molecule has 0 spiro atoms. The van der Waals surface area contributed by atoms with Crippen LogP contribution in [0.4, 0.5) is 9.59 Å². The third kappa shape index (κ3) is 5.62. The largest absolute Gasteiger partial charge is 0.465 e. The van der Waals surface area contributed by atoms with Crippen molar-refractivity contribution in [2.75, 3.05) is 26.2 Å². The molecule has 1 aliphatic heterocycles. The molecule has 26 heavy (non-hydrogen) atoms. The first kappa shape index (κ1) is 20.0. The number of benzene rings is 1. The zero-order valence-electron chi connectivity index (χ0n) is 15.4. The highest BCUT2D eigenvalue weighted by Gasteiger charge is 2.35. The lowest BCUT2D eigenvalue weighted by Gasteiger charge is -2.41. The summed E-state index contributed by atoms with van der Waals surface area (Å²) in [7, 11) is 0. The Balaban J connectivity index is 2.08. The monoisotopic (exact) mass is 364 g/mol. The fraction of sp³-hybridized carbons (Fsp3) is 0.579. The lowest BCUT2D eigenvalue weighted by Crippen LogP contribution is -2.55. The highest BCUT2D eigenvalue weighted by atomic mass is 16.6. The first-order valence-electron chi connectivity index (χ1n) is 8.96. The first-order chi connectivity index (χ1) is 12.4. The Morgan fingerprint density at radius 3 is 2.54 bits per heavy atom. The number of amides is 2. The molecule has 7 nitrogen and oxygen atoms in total. The number of rotatable bonds is 6. The number of aliphatic hydroxyl groups excluding tert-OH is 1. The van der Waals surface area contributed by atoms with Gasteiger partial charge in [-0.15, -0.1) is 0 Å². The van der Waals surface area contributed by atoms with E-state index in [0.29, 0.717) is 13.0 Å². The third-order valence-electron chi connectivity index (χ3n) is 4.49. The minimum Gasteiger partial charge on any atom is -0.465 e. The van der Waals surface area contributed by atoms with E-state index in [4.69, 9.17) is 4.74 Å². The number of carboxylic acid groups (broad SMARTS) is 1. The molecular weight excluding hydrogens is 336 g/mol. The van der Waals surface area contributed by atoms with Crippen LogP contribution in [0.3, 0.4) is 0 Å². The zero-order valence-corrected chi connectivity index (χ0v) is 15.4. The molecule has 144 valence electrons. The van der Waals surface area contributed by atoms with Crippen LogP contribution in [0.5, 0.6) is 0 Å². The molecule has 2 atom stereocenters. The van der Waals surface area contributed by atoms with Crippen molar-refractivity contribution >= 4 is 12.2 Å². The van der Waals surface area contributed by atoms with Gasteiger partial charge in [0.25, 0.3) is 0 Å². The van der Waals surface area contributed by atoms with Crippen LogP contribution in [-0.2, 0) is 11.3 Å². The molecule has 1 fully saturated rings. The zero-order chi connectivity index (χ0) is 19.1. The van der Waals surface area contributed by atoms with Crippen molar-refractivity contribution in [2.24, 2.45) is 11.8 Å². The number of piperidine rings is 1. The second kappa shape index (κ2) is 9.43. The van der Waals surface area contributed by atoms with Gasteiger partial charge in [-0.2, -0.15) is 0 Å². The van der Waals surface area contributed by atoms with Gasteiger partial charge >= 0.3 is 12.2 Å². The highest BCUT2D eigenvalue weighted by molar-refractivity contribution is 5.69. The summed E-state index contributed by atoms with van der Waals surface area (Å²) in [6.07, 6.45) is -0.917. The van der Waals surface area contributed by atoms with Gasteiger partial charge in [-0.3, -0.25) is 0 Å². The minimum atomic E-state index is -1.03. The number of nitrogens with zero attached hydrogens (tertiary/aromatic N) is 2. The second-order valence-electron chi connectivity index (χ2n) is 7.21. The van der Waals surface area contributed by atoms with Gasteiger partial charge in [0.1, 0.15) is 6.61 Å². The van der Waals surface area contributed by atoms with Gasteiger partial charge in [0.05, 0.1) is 6.04 Å². The fourth-order valence-corrected chi connectivity index (χ4v) is 3.26. The van der Waals surface area contributed by atoms with Crippen LogP contribution in [0.2, 0.25) is 0 Å². The topological polar surface area (TPSA) is 90.3 Å². The van der Waals surface area contributed by atoms with Crippen molar-refractivity contribution in [3.63, 3.8) is 0 Å². The van der Waals surface area contributed by atoms with Gasteiger partial charge in [0, 0.05) is 32.2 Å². The summed E-state index contributed by atoms with van der Waals surface area (Å²) in [5, 5.41) is 18.8. The molecule has 1 aliphatic rings. The van der Waals surface area contributed by atoms with Gasteiger partial charge in [-0.25, -0.2) is 9.59 Å². The van der Waals surface area contributed by atoms with Crippen molar-refractivity contribution in [1.82, 2.24) is 9.80 Å². The number of aliphatic hydroxyl groups is 1. The molecule has 1 aromatic carbocycles. The van der Waals surface area contributed by atoms with Crippen molar-refractivity contribution in [2.45, 2.75) is 32.9 Å². The van der Waals surface area contributed by atoms with Crippen LogP contribution in [0.1, 0.15) is 25.8 Å². The van der Waals surface area contributed by atoms with Gasteiger partial charge in [-0.05, 0) is 17.9 Å². The van der Waals surface area contributed by atoms with Crippen LogP contribution in [-0.4, -0.2) is 64.5 Å². The molecule has 0 aliphatic carbocycles. The number of carbonyl (C=O) groups is 2. The average Bonchev–Trinajstić information content (AvgIpc) is 2.64.